The molecular formula is C28H24ClFN4O3S. The Morgan fingerprint density at radius 2 is 1.95 bits per heavy atom. The summed E-state index contributed by atoms with van der Waals surface area (Å²) in [4.78, 5) is 12.6. The molecule has 1 amide bonds. The number of anilines is 1. The average molecular weight is 551 g/mol. The van der Waals surface area contributed by atoms with E-state index in [1.54, 1.807) is 36.4 Å². The molecule has 0 spiro atoms. The van der Waals surface area contributed by atoms with Gasteiger partial charge >= 0.3 is 0 Å². The molecule has 0 radical (unpaired) electrons. The van der Waals surface area contributed by atoms with E-state index in [1.807, 2.05) is 17.1 Å². The lowest BCUT2D eigenvalue weighted by Gasteiger charge is -2.31. The van der Waals surface area contributed by atoms with Crippen molar-refractivity contribution in [2.75, 3.05) is 23.6 Å². The number of amides is 1. The number of nitrogens with zero attached hydrogens (tertiary/aromatic N) is 3. The fourth-order valence-corrected chi connectivity index (χ4v) is 5.75. The summed E-state index contributed by atoms with van der Waals surface area (Å²) in [7, 11) is -3.17. The summed E-state index contributed by atoms with van der Waals surface area (Å²) in [5.74, 6) is -0.763. The smallest absolute Gasteiger partial charge is 0.251 e. The molecule has 1 heterocycles. The zero-order valence-electron chi connectivity index (χ0n) is 20.5. The number of sulfone groups is 1. The molecule has 2 atom stereocenters. The van der Waals surface area contributed by atoms with Crippen LogP contribution in [0.2, 0.25) is 5.02 Å². The fraction of sp³-hybridized carbons (Fsp3) is 0.250. The maximum Gasteiger partial charge on any atom is 0.251 e. The van der Waals surface area contributed by atoms with Crippen LogP contribution in [-0.4, -0.2) is 38.6 Å². The molecule has 1 aliphatic carbocycles. The number of hydrogen-bond acceptors (Lipinski definition) is 6. The largest absolute Gasteiger partial charge is 0.351 e. The average Bonchev–Trinajstić information content (AvgIpc) is 3.28. The number of benzene rings is 3. The Labute approximate surface area is 225 Å². The van der Waals surface area contributed by atoms with E-state index in [9.17, 15) is 22.9 Å². The SMILES string of the molecule is CS(=O)(=O)CCNC(=O)c1ccc2c(c1)CC[C@H]1C2=NN(c2ccc(C#N)c(Cl)c2)[C@H]1c1ccc(F)cc1. The first kappa shape index (κ1) is 25.9. The van der Waals surface area contributed by atoms with E-state index in [4.69, 9.17) is 16.7 Å². The predicted octanol–water partition coefficient (Wildman–Crippen LogP) is 4.65. The van der Waals surface area contributed by atoms with Crippen molar-refractivity contribution in [3.8, 4) is 6.07 Å². The molecule has 0 fully saturated rings. The summed E-state index contributed by atoms with van der Waals surface area (Å²) in [6, 6.07) is 18.8. The molecule has 10 heteroatoms. The minimum atomic E-state index is -3.17. The van der Waals surface area contributed by atoms with Crippen LogP contribution in [0, 0.1) is 23.1 Å². The van der Waals surface area contributed by atoms with Crippen molar-refractivity contribution >= 4 is 38.7 Å². The van der Waals surface area contributed by atoms with Gasteiger partial charge in [-0.1, -0.05) is 29.8 Å². The van der Waals surface area contributed by atoms with Gasteiger partial charge in [-0.15, -0.1) is 0 Å². The van der Waals surface area contributed by atoms with E-state index in [-0.39, 0.29) is 36.0 Å². The first-order valence-electron chi connectivity index (χ1n) is 12.1. The summed E-state index contributed by atoms with van der Waals surface area (Å²) < 4.78 is 36.5. The maximum absolute atomic E-state index is 13.7. The number of hydrogen-bond donors (Lipinski definition) is 1. The van der Waals surface area contributed by atoms with Crippen molar-refractivity contribution in [3.63, 3.8) is 0 Å². The number of carbonyl (C=O) groups is 1. The molecule has 0 saturated heterocycles. The summed E-state index contributed by atoms with van der Waals surface area (Å²) in [5.41, 5.74) is 5.22. The van der Waals surface area contributed by atoms with Gasteiger partial charge in [0.25, 0.3) is 5.91 Å². The van der Waals surface area contributed by atoms with Crippen LogP contribution in [0.1, 0.15) is 45.1 Å². The van der Waals surface area contributed by atoms with Crippen molar-refractivity contribution in [2.24, 2.45) is 11.0 Å². The Morgan fingerprint density at radius 1 is 1.18 bits per heavy atom. The normalized spacial score (nSPS) is 18.3. The van der Waals surface area contributed by atoms with Crippen LogP contribution >= 0.6 is 11.6 Å². The van der Waals surface area contributed by atoms with Gasteiger partial charge in [0.2, 0.25) is 0 Å². The third kappa shape index (κ3) is 5.15. The summed E-state index contributed by atoms with van der Waals surface area (Å²) in [6.07, 6.45) is 2.60. The fourth-order valence-electron chi connectivity index (χ4n) is 5.06. The van der Waals surface area contributed by atoms with Gasteiger partial charge < -0.3 is 5.32 Å². The molecule has 3 aromatic carbocycles. The van der Waals surface area contributed by atoms with Gasteiger partial charge in [0.1, 0.15) is 21.7 Å². The molecule has 2 aliphatic rings. The molecule has 0 unspecified atom stereocenters. The second kappa shape index (κ2) is 10.2. The highest BCUT2D eigenvalue weighted by Gasteiger charge is 2.42. The first-order valence-corrected chi connectivity index (χ1v) is 14.5. The van der Waals surface area contributed by atoms with E-state index in [0.29, 0.717) is 28.3 Å². The van der Waals surface area contributed by atoms with Crippen LogP contribution in [0.4, 0.5) is 10.1 Å². The molecule has 7 nitrogen and oxygen atoms in total. The Hall–Kier alpha value is -3.74. The number of halogens is 2. The summed E-state index contributed by atoms with van der Waals surface area (Å²) in [5, 5.41) is 19.1. The molecule has 1 aliphatic heterocycles. The second-order valence-electron chi connectivity index (χ2n) is 9.51. The van der Waals surface area contributed by atoms with Gasteiger partial charge in [-0.25, -0.2) is 12.8 Å². The van der Waals surface area contributed by atoms with Crippen LogP contribution in [0.15, 0.2) is 65.8 Å². The van der Waals surface area contributed by atoms with Crippen LogP contribution < -0.4 is 10.3 Å². The monoisotopic (exact) mass is 550 g/mol. The van der Waals surface area contributed by atoms with E-state index in [2.05, 4.69) is 11.4 Å². The number of nitriles is 1. The van der Waals surface area contributed by atoms with Crippen molar-refractivity contribution in [1.82, 2.24) is 5.32 Å². The number of hydrazone groups is 1. The lowest BCUT2D eigenvalue weighted by atomic mass is 9.77. The Kier molecular flexibility index (Phi) is 6.95. The van der Waals surface area contributed by atoms with Gasteiger partial charge in [0.05, 0.1) is 33.8 Å². The topological polar surface area (TPSA) is 103 Å². The molecule has 38 heavy (non-hydrogen) atoms. The molecule has 0 bridgehead atoms. The van der Waals surface area contributed by atoms with Crippen LogP contribution in [0.5, 0.6) is 0 Å². The number of fused-ring (bicyclic) bond motifs is 3. The molecule has 3 aromatic rings. The van der Waals surface area contributed by atoms with Gasteiger partial charge in [-0.3, -0.25) is 9.80 Å². The second-order valence-corrected chi connectivity index (χ2v) is 12.2. The predicted molar refractivity (Wildman–Crippen MR) is 145 cm³/mol. The van der Waals surface area contributed by atoms with Gasteiger partial charge in [0, 0.05) is 29.8 Å². The molecule has 0 saturated carbocycles. The van der Waals surface area contributed by atoms with Gasteiger partial charge in [-0.2, -0.15) is 10.4 Å². The first-order chi connectivity index (χ1) is 18.1. The summed E-state index contributed by atoms with van der Waals surface area (Å²) >= 11 is 6.35. The third-order valence-corrected chi connectivity index (χ3v) is 8.15. The highest BCUT2D eigenvalue weighted by molar-refractivity contribution is 7.90. The Bertz CT molecular complexity index is 1600. The quantitative estimate of drug-likeness (QED) is 0.481. The minimum absolute atomic E-state index is 0.0109. The Morgan fingerprint density at radius 3 is 2.63 bits per heavy atom. The highest BCUT2D eigenvalue weighted by Crippen LogP contribution is 2.46. The Balaban J connectivity index is 1.49. The zero-order chi connectivity index (χ0) is 27.0. The van der Waals surface area contributed by atoms with Crippen molar-refractivity contribution < 1.29 is 17.6 Å². The zero-order valence-corrected chi connectivity index (χ0v) is 22.1. The standard InChI is InChI=1S/C28H24ClFN4O3S/c1-38(36,37)13-12-32-28(35)19-6-10-23-18(14-19)5-11-24-26(23)33-34(22-9-4-20(16-31)25(29)15-22)27(24)17-2-7-21(30)8-3-17/h2-4,6-10,14-15,24,27H,5,11-13H2,1H3,(H,32,35)/t24-,27-/m0/s1. The lowest BCUT2D eigenvalue weighted by molar-refractivity contribution is 0.0956. The van der Waals surface area contributed by atoms with Crippen LogP contribution in [-0.2, 0) is 16.3 Å². The number of carbonyl (C=O) groups excluding carboxylic acids is 1. The third-order valence-electron chi connectivity index (χ3n) is 6.89. The van der Waals surface area contributed by atoms with Crippen LogP contribution in [0.3, 0.4) is 0 Å². The highest BCUT2D eigenvalue weighted by atomic mass is 35.5. The molecule has 5 rings (SSSR count). The number of aryl methyl sites for hydroxylation is 1. The van der Waals surface area contributed by atoms with Crippen molar-refractivity contribution in [3.05, 3.63) is 99.3 Å². The maximum atomic E-state index is 13.7. The molecule has 1 N–H and O–H groups in total. The van der Waals surface area contributed by atoms with E-state index in [0.717, 1.165) is 35.1 Å². The molecular weight excluding hydrogens is 527 g/mol. The number of rotatable bonds is 6. The van der Waals surface area contributed by atoms with E-state index >= 15 is 0 Å². The molecule has 194 valence electrons. The van der Waals surface area contributed by atoms with Crippen molar-refractivity contribution in [2.45, 2.75) is 18.9 Å². The lowest BCUT2D eigenvalue weighted by Crippen LogP contribution is -2.30. The number of nitrogens with one attached hydrogen (secondary N) is 1. The summed E-state index contributed by atoms with van der Waals surface area (Å²) in [6.45, 7) is 0.0466. The van der Waals surface area contributed by atoms with Crippen LogP contribution in [0.25, 0.3) is 0 Å². The van der Waals surface area contributed by atoms with Crippen molar-refractivity contribution in [1.29, 1.82) is 5.26 Å². The van der Waals surface area contributed by atoms with Gasteiger partial charge in [-0.05, 0) is 66.4 Å². The van der Waals surface area contributed by atoms with E-state index < -0.39 is 9.84 Å². The minimum Gasteiger partial charge on any atom is -0.351 e. The van der Waals surface area contributed by atoms with E-state index in [1.165, 1.54) is 12.1 Å². The molecule has 0 aromatic heterocycles. The van der Waals surface area contributed by atoms with Gasteiger partial charge in [0.15, 0.2) is 0 Å².